The van der Waals surface area contributed by atoms with Gasteiger partial charge in [0.25, 0.3) is 0 Å². The number of benzene rings is 1. The first-order valence-corrected chi connectivity index (χ1v) is 6.58. The van der Waals surface area contributed by atoms with Crippen LogP contribution >= 0.6 is 0 Å². The minimum absolute atomic E-state index is 0.0444. The van der Waals surface area contributed by atoms with E-state index >= 15 is 0 Å². The summed E-state index contributed by atoms with van der Waals surface area (Å²) in [7, 11) is 0. The van der Waals surface area contributed by atoms with Gasteiger partial charge in [0.2, 0.25) is 5.91 Å². The summed E-state index contributed by atoms with van der Waals surface area (Å²) in [4.78, 5) is 12.2. The van der Waals surface area contributed by atoms with Crippen molar-refractivity contribution in [2.24, 2.45) is 11.1 Å². The van der Waals surface area contributed by atoms with Gasteiger partial charge in [0.1, 0.15) is 6.04 Å². The molecule has 0 bridgehead atoms. The highest BCUT2D eigenvalue weighted by atomic mass is 16.3. The van der Waals surface area contributed by atoms with Crippen molar-refractivity contribution in [2.75, 3.05) is 6.61 Å². The van der Waals surface area contributed by atoms with Crippen LogP contribution < -0.4 is 11.1 Å². The van der Waals surface area contributed by atoms with Crippen LogP contribution in [0, 0.1) is 5.41 Å². The highest BCUT2D eigenvalue weighted by molar-refractivity contribution is 5.83. The third-order valence-electron chi connectivity index (χ3n) is 3.22. The highest BCUT2D eigenvalue weighted by Crippen LogP contribution is 2.22. The lowest BCUT2D eigenvalue weighted by Crippen LogP contribution is -2.47. The summed E-state index contributed by atoms with van der Waals surface area (Å²) in [6, 6.07) is 8.50. The van der Waals surface area contributed by atoms with Crippen LogP contribution in [0.2, 0.25) is 0 Å². The lowest BCUT2D eigenvalue weighted by Gasteiger charge is -2.32. The molecule has 4 N–H and O–H groups in total. The number of aliphatic hydroxyl groups is 1. The Morgan fingerprint density at radius 2 is 1.89 bits per heavy atom. The molecule has 0 aliphatic carbocycles. The van der Waals surface area contributed by atoms with Gasteiger partial charge in [0.15, 0.2) is 0 Å². The van der Waals surface area contributed by atoms with E-state index in [-0.39, 0.29) is 24.0 Å². The summed E-state index contributed by atoms with van der Waals surface area (Å²) in [6.45, 7) is 6.13. The zero-order valence-electron chi connectivity index (χ0n) is 11.9. The molecule has 106 valence electrons. The molecule has 0 saturated heterocycles. The van der Waals surface area contributed by atoms with Crippen molar-refractivity contribution < 1.29 is 9.90 Å². The van der Waals surface area contributed by atoms with Crippen molar-refractivity contribution in [2.45, 2.75) is 39.3 Å². The summed E-state index contributed by atoms with van der Waals surface area (Å²) in [5.74, 6) is -0.209. The molecule has 0 aliphatic rings. The Morgan fingerprint density at radius 3 is 2.37 bits per heavy atom. The minimum atomic E-state index is -0.676. The van der Waals surface area contributed by atoms with Gasteiger partial charge in [-0.05, 0) is 17.4 Å². The Bertz CT molecular complexity index is 398. The lowest BCUT2D eigenvalue weighted by atomic mass is 9.84. The first-order valence-electron chi connectivity index (χ1n) is 6.58. The van der Waals surface area contributed by atoms with Gasteiger partial charge in [-0.25, -0.2) is 0 Å². The van der Waals surface area contributed by atoms with Gasteiger partial charge < -0.3 is 16.2 Å². The zero-order chi connectivity index (χ0) is 14.5. The number of hydrogen-bond donors (Lipinski definition) is 3. The molecule has 0 saturated carbocycles. The van der Waals surface area contributed by atoms with Crippen molar-refractivity contribution in [3.05, 3.63) is 35.9 Å². The third kappa shape index (κ3) is 4.65. The third-order valence-corrected chi connectivity index (χ3v) is 3.22. The van der Waals surface area contributed by atoms with E-state index in [9.17, 15) is 4.79 Å². The topological polar surface area (TPSA) is 75.3 Å². The maximum Gasteiger partial charge on any atom is 0.241 e. The maximum atomic E-state index is 12.2. The van der Waals surface area contributed by atoms with E-state index in [1.807, 2.05) is 51.1 Å². The number of rotatable bonds is 5. The number of aliphatic hydroxyl groups excluding tert-OH is 1. The van der Waals surface area contributed by atoms with Crippen LogP contribution in [0.4, 0.5) is 0 Å². The van der Waals surface area contributed by atoms with Crippen LogP contribution in [0.25, 0.3) is 0 Å². The molecule has 2 atom stereocenters. The van der Waals surface area contributed by atoms with Crippen molar-refractivity contribution in [3.8, 4) is 0 Å². The van der Waals surface area contributed by atoms with Crippen molar-refractivity contribution in [1.29, 1.82) is 0 Å². The molecule has 0 radical (unpaired) electrons. The van der Waals surface area contributed by atoms with Crippen LogP contribution in [0.15, 0.2) is 30.3 Å². The molecule has 1 aromatic carbocycles. The molecule has 0 fully saturated rings. The Labute approximate surface area is 115 Å². The van der Waals surface area contributed by atoms with Gasteiger partial charge >= 0.3 is 0 Å². The Hall–Kier alpha value is -1.39. The predicted octanol–water partition coefficient (Wildman–Crippen LogP) is 1.60. The average Bonchev–Trinajstić information content (AvgIpc) is 2.37. The molecule has 1 rings (SSSR count). The summed E-state index contributed by atoms with van der Waals surface area (Å²) in [5.41, 5.74) is 6.62. The standard InChI is InChI=1S/C15H24N2O2/c1-15(2,3)12(9-10-18)17-14(19)13(16)11-7-5-4-6-8-11/h4-8,12-13,18H,9-10,16H2,1-3H3,(H,17,19). The van der Waals surface area contributed by atoms with E-state index in [0.29, 0.717) is 6.42 Å². The number of hydrogen-bond acceptors (Lipinski definition) is 3. The fourth-order valence-corrected chi connectivity index (χ4v) is 1.92. The SMILES string of the molecule is CC(C)(C)C(CCO)NC(=O)C(N)c1ccccc1. The second-order valence-corrected chi connectivity index (χ2v) is 5.83. The number of carbonyl (C=O) groups excluding carboxylic acids is 1. The predicted molar refractivity (Wildman–Crippen MR) is 76.5 cm³/mol. The molecular formula is C15H24N2O2. The van der Waals surface area contributed by atoms with Gasteiger partial charge in [-0.2, -0.15) is 0 Å². The van der Waals surface area contributed by atoms with Gasteiger partial charge in [-0.15, -0.1) is 0 Å². The van der Waals surface area contributed by atoms with Crippen LogP contribution in [-0.4, -0.2) is 23.7 Å². The summed E-state index contributed by atoms with van der Waals surface area (Å²) >= 11 is 0. The molecule has 1 amide bonds. The van der Waals surface area contributed by atoms with E-state index in [4.69, 9.17) is 10.8 Å². The van der Waals surface area contributed by atoms with E-state index in [0.717, 1.165) is 5.56 Å². The van der Waals surface area contributed by atoms with Gasteiger partial charge in [-0.3, -0.25) is 4.79 Å². The molecule has 19 heavy (non-hydrogen) atoms. The lowest BCUT2D eigenvalue weighted by molar-refractivity contribution is -0.124. The highest BCUT2D eigenvalue weighted by Gasteiger charge is 2.27. The minimum Gasteiger partial charge on any atom is -0.396 e. The summed E-state index contributed by atoms with van der Waals surface area (Å²) in [6.07, 6.45) is 0.525. The van der Waals surface area contributed by atoms with E-state index in [2.05, 4.69) is 5.32 Å². The Balaban J connectivity index is 2.72. The number of nitrogens with one attached hydrogen (secondary N) is 1. The molecule has 0 spiro atoms. The molecule has 1 aromatic rings. The number of nitrogens with two attached hydrogens (primary N) is 1. The normalized spacial score (nSPS) is 14.8. The Morgan fingerprint density at radius 1 is 1.32 bits per heavy atom. The van der Waals surface area contributed by atoms with Crippen molar-refractivity contribution >= 4 is 5.91 Å². The van der Waals surface area contributed by atoms with E-state index in [1.54, 1.807) is 0 Å². The second kappa shape index (κ2) is 6.68. The molecule has 0 aromatic heterocycles. The molecule has 0 aliphatic heterocycles. The van der Waals surface area contributed by atoms with Crippen molar-refractivity contribution in [1.82, 2.24) is 5.32 Å². The van der Waals surface area contributed by atoms with Gasteiger partial charge in [-0.1, -0.05) is 51.1 Å². The van der Waals surface area contributed by atoms with Gasteiger partial charge in [0, 0.05) is 12.6 Å². The van der Waals surface area contributed by atoms with E-state index < -0.39 is 6.04 Å². The Kier molecular flexibility index (Phi) is 5.51. The smallest absolute Gasteiger partial charge is 0.241 e. The molecule has 4 heteroatoms. The molecule has 4 nitrogen and oxygen atoms in total. The maximum absolute atomic E-state index is 12.2. The first kappa shape index (κ1) is 15.7. The van der Waals surface area contributed by atoms with E-state index in [1.165, 1.54) is 0 Å². The summed E-state index contributed by atoms with van der Waals surface area (Å²) in [5, 5.41) is 12.0. The molecule has 2 unspecified atom stereocenters. The monoisotopic (exact) mass is 264 g/mol. The van der Waals surface area contributed by atoms with Crippen molar-refractivity contribution in [3.63, 3.8) is 0 Å². The van der Waals surface area contributed by atoms with Crippen LogP contribution in [0.1, 0.15) is 38.8 Å². The largest absolute Gasteiger partial charge is 0.396 e. The van der Waals surface area contributed by atoms with Crippen LogP contribution in [0.3, 0.4) is 0 Å². The number of amides is 1. The zero-order valence-corrected chi connectivity index (χ0v) is 11.9. The average molecular weight is 264 g/mol. The molecule has 0 heterocycles. The van der Waals surface area contributed by atoms with Gasteiger partial charge in [0.05, 0.1) is 0 Å². The van der Waals surface area contributed by atoms with Crippen LogP contribution in [0.5, 0.6) is 0 Å². The quantitative estimate of drug-likeness (QED) is 0.756. The fraction of sp³-hybridized carbons (Fsp3) is 0.533. The first-order chi connectivity index (χ1) is 8.86. The fourth-order valence-electron chi connectivity index (χ4n) is 1.92. The van der Waals surface area contributed by atoms with Crippen LogP contribution in [-0.2, 0) is 4.79 Å². The number of carbonyl (C=O) groups is 1. The molecular weight excluding hydrogens is 240 g/mol. The second-order valence-electron chi connectivity index (χ2n) is 5.83. The summed E-state index contributed by atoms with van der Waals surface area (Å²) < 4.78 is 0.